The zero-order chi connectivity index (χ0) is 11.6. The van der Waals surface area contributed by atoms with E-state index in [4.69, 9.17) is 0 Å². The van der Waals surface area contributed by atoms with Gasteiger partial charge in [-0.25, -0.2) is 0 Å². The molecule has 90 valence electrons. The van der Waals surface area contributed by atoms with Crippen LogP contribution >= 0.6 is 27.3 Å². The molecule has 0 bridgehead atoms. The third kappa shape index (κ3) is 3.06. The van der Waals surface area contributed by atoms with E-state index in [0.29, 0.717) is 5.54 Å². The molecule has 1 unspecified atom stereocenters. The van der Waals surface area contributed by atoms with Gasteiger partial charge < -0.3 is 5.32 Å². The van der Waals surface area contributed by atoms with E-state index in [2.05, 4.69) is 52.1 Å². The molecule has 0 aromatic carbocycles. The van der Waals surface area contributed by atoms with Crippen LogP contribution in [0.25, 0.3) is 0 Å². The molecule has 1 N–H and O–H groups in total. The summed E-state index contributed by atoms with van der Waals surface area (Å²) in [5.74, 6) is 0. The molecule has 2 rings (SSSR count). The van der Waals surface area contributed by atoms with Crippen molar-refractivity contribution in [1.82, 2.24) is 10.2 Å². The molecule has 1 fully saturated rings. The highest BCUT2D eigenvalue weighted by atomic mass is 79.9. The van der Waals surface area contributed by atoms with Gasteiger partial charge >= 0.3 is 0 Å². The largest absolute Gasteiger partial charge is 0.309 e. The van der Waals surface area contributed by atoms with Crippen molar-refractivity contribution in [2.24, 2.45) is 0 Å². The fourth-order valence-electron chi connectivity index (χ4n) is 2.17. The maximum absolute atomic E-state index is 3.62. The molecule has 0 saturated carbocycles. The molecule has 0 spiro atoms. The molecule has 1 aliphatic heterocycles. The van der Waals surface area contributed by atoms with Gasteiger partial charge in [0, 0.05) is 36.6 Å². The highest BCUT2D eigenvalue weighted by Gasteiger charge is 2.28. The topological polar surface area (TPSA) is 15.3 Å². The van der Waals surface area contributed by atoms with Gasteiger partial charge in [-0.15, -0.1) is 11.3 Å². The molecule has 4 heteroatoms. The minimum absolute atomic E-state index is 0.298. The Morgan fingerprint density at radius 3 is 3.00 bits per heavy atom. The van der Waals surface area contributed by atoms with E-state index in [0.717, 1.165) is 26.2 Å². The van der Waals surface area contributed by atoms with Gasteiger partial charge in [-0.05, 0) is 41.4 Å². The summed E-state index contributed by atoms with van der Waals surface area (Å²) in [4.78, 5) is 4.00. The molecule has 1 aromatic heterocycles. The van der Waals surface area contributed by atoms with Crippen molar-refractivity contribution < 1.29 is 0 Å². The minimum atomic E-state index is 0.298. The maximum Gasteiger partial charge on any atom is 0.0701 e. The van der Waals surface area contributed by atoms with Crippen LogP contribution in [0, 0.1) is 0 Å². The zero-order valence-corrected chi connectivity index (χ0v) is 12.3. The highest BCUT2D eigenvalue weighted by molar-refractivity contribution is 9.11. The lowest BCUT2D eigenvalue weighted by molar-refractivity contribution is 0.134. The molecule has 0 radical (unpaired) electrons. The summed E-state index contributed by atoms with van der Waals surface area (Å²) in [6.07, 6.45) is 1.19. The number of nitrogens with one attached hydrogen (secondary N) is 1. The number of nitrogens with zero attached hydrogens (tertiary/aromatic N) is 1. The standard InChI is InChI=1S/C12H19BrN2S/c1-3-12(2)9-15(7-6-14-12)8-10-4-5-11(13)16-10/h4-5,14H,3,6-9H2,1-2H3. The monoisotopic (exact) mass is 302 g/mol. The predicted molar refractivity (Wildman–Crippen MR) is 74.0 cm³/mol. The van der Waals surface area contributed by atoms with Gasteiger partial charge in [0.15, 0.2) is 0 Å². The lowest BCUT2D eigenvalue weighted by Gasteiger charge is -2.41. The van der Waals surface area contributed by atoms with E-state index >= 15 is 0 Å². The second kappa shape index (κ2) is 5.17. The summed E-state index contributed by atoms with van der Waals surface area (Å²) in [7, 11) is 0. The van der Waals surface area contributed by atoms with Crippen LogP contribution in [0.2, 0.25) is 0 Å². The number of hydrogen-bond donors (Lipinski definition) is 1. The van der Waals surface area contributed by atoms with Gasteiger partial charge in [-0.2, -0.15) is 0 Å². The van der Waals surface area contributed by atoms with Crippen LogP contribution < -0.4 is 5.32 Å². The first-order valence-electron chi connectivity index (χ1n) is 5.83. The van der Waals surface area contributed by atoms with Gasteiger partial charge in [0.2, 0.25) is 0 Å². The summed E-state index contributed by atoms with van der Waals surface area (Å²) in [6, 6.07) is 4.36. The maximum atomic E-state index is 3.62. The Bertz CT molecular complexity index is 353. The third-order valence-corrected chi connectivity index (χ3v) is 4.95. The Balaban J connectivity index is 1.95. The van der Waals surface area contributed by atoms with Crippen LogP contribution in [-0.4, -0.2) is 30.1 Å². The molecule has 1 aliphatic rings. The van der Waals surface area contributed by atoms with Crippen LogP contribution in [0.4, 0.5) is 0 Å². The number of rotatable bonds is 3. The molecular formula is C12H19BrN2S. The van der Waals surface area contributed by atoms with Crippen molar-refractivity contribution in [3.8, 4) is 0 Å². The smallest absolute Gasteiger partial charge is 0.0701 e. The summed E-state index contributed by atoms with van der Waals surface area (Å²) in [5, 5.41) is 3.62. The SMILES string of the molecule is CCC1(C)CN(Cc2ccc(Br)s2)CCN1. The number of thiophene rings is 1. The number of piperazine rings is 1. The van der Waals surface area contributed by atoms with E-state index in [1.807, 2.05) is 11.3 Å². The molecule has 0 amide bonds. The van der Waals surface area contributed by atoms with Crippen LogP contribution in [0.1, 0.15) is 25.1 Å². The van der Waals surface area contributed by atoms with Crippen molar-refractivity contribution in [1.29, 1.82) is 0 Å². The van der Waals surface area contributed by atoms with Crippen LogP contribution in [0.5, 0.6) is 0 Å². The Kier molecular flexibility index (Phi) is 4.06. The summed E-state index contributed by atoms with van der Waals surface area (Å²) >= 11 is 5.36. The summed E-state index contributed by atoms with van der Waals surface area (Å²) in [5.41, 5.74) is 0.298. The first-order chi connectivity index (χ1) is 7.61. The van der Waals surface area contributed by atoms with Crippen molar-refractivity contribution in [2.45, 2.75) is 32.4 Å². The molecular weight excluding hydrogens is 284 g/mol. The fourth-order valence-corrected chi connectivity index (χ4v) is 3.70. The summed E-state index contributed by atoms with van der Waals surface area (Å²) in [6.45, 7) is 9.09. The van der Waals surface area contributed by atoms with Gasteiger partial charge in [-0.1, -0.05) is 6.92 Å². The second-order valence-corrected chi connectivity index (χ2v) is 7.31. The van der Waals surface area contributed by atoms with E-state index in [9.17, 15) is 0 Å². The molecule has 1 saturated heterocycles. The summed E-state index contributed by atoms with van der Waals surface area (Å²) < 4.78 is 1.23. The minimum Gasteiger partial charge on any atom is -0.309 e. The van der Waals surface area contributed by atoms with E-state index in [-0.39, 0.29) is 0 Å². The van der Waals surface area contributed by atoms with E-state index in [1.54, 1.807) is 0 Å². The van der Waals surface area contributed by atoms with Crippen molar-refractivity contribution >= 4 is 27.3 Å². The first-order valence-corrected chi connectivity index (χ1v) is 7.44. The average Bonchev–Trinajstić information content (AvgIpc) is 2.64. The highest BCUT2D eigenvalue weighted by Crippen LogP contribution is 2.24. The lowest BCUT2D eigenvalue weighted by atomic mass is 9.96. The zero-order valence-electron chi connectivity index (χ0n) is 9.92. The molecule has 2 nitrogen and oxygen atoms in total. The molecule has 2 heterocycles. The predicted octanol–water partition coefficient (Wildman–Crippen LogP) is 3.08. The second-order valence-electron chi connectivity index (χ2n) is 4.76. The van der Waals surface area contributed by atoms with Crippen molar-refractivity contribution in [3.05, 3.63) is 20.8 Å². The van der Waals surface area contributed by atoms with Crippen LogP contribution in [0.15, 0.2) is 15.9 Å². The Morgan fingerprint density at radius 2 is 2.38 bits per heavy atom. The Hall–Kier alpha value is 0.1000. The molecule has 0 aliphatic carbocycles. The third-order valence-electron chi connectivity index (χ3n) is 3.34. The average molecular weight is 303 g/mol. The molecule has 16 heavy (non-hydrogen) atoms. The first kappa shape index (κ1) is 12.6. The number of hydrogen-bond acceptors (Lipinski definition) is 3. The van der Waals surface area contributed by atoms with Gasteiger partial charge in [0.1, 0.15) is 0 Å². The van der Waals surface area contributed by atoms with Gasteiger partial charge in [0.25, 0.3) is 0 Å². The van der Waals surface area contributed by atoms with E-state index < -0.39 is 0 Å². The van der Waals surface area contributed by atoms with Crippen LogP contribution in [-0.2, 0) is 6.54 Å². The van der Waals surface area contributed by atoms with Crippen molar-refractivity contribution in [3.63, 3.8) is 0 Å². The number of halogens is 1. The van der Waals surface area contributed by atoms with Crippen molar-refractivity contribution in [2.75, 3.05) is 19.6 Å². The molecule has 1 aromatic rings. The molecule has 1 atom stereocenters. The Labute approximate surface area is 110 Å². The van der Waals surface area contributed by atoms with Crippen LogP contribution in [0.3, 0.4) is 0 Å². The van der Waals surface area contributed by atoms with Gasteiger partial charge in [-0.3, -0.25) is 4.90 Å². The Morgan fingerprint density at radius 1 is 1.56 bits per heavy atom. The normalized spacial score (nSPS) is 27.2. The lowest BCUT2D eigenvalue weighted by Crippen LogP contribution is -2.57. The van der Waals surface area contributed by atoms with Gasteiger partial charge in [0.05, 0.1) is 3.79 Å². The quantitative estimate of drug-likeness (QED) is 0.923. The van der Waals surface area contributed by atoms with E-state index in [1.165, 1.54) is 15.1 Å². The fraction of sp³-hybridized carbons (Fsp3) is 0.667.